The maximum atomic E-state index is 13.3. The van der Waals surface area contributed by atoms with Crippen LogP contribution in [0.3, 0.4) is 0 Å². The van der Waals surface area contributed by atoms with Gasteiger partial charge in [0.15, 0.2) is 0 Å². The van der Waals surface area contributed by atoms with Gasteiger partial charge in [-0.05, 0) is 61.7 Å². The van der Waals surface area contributed by atoms with Crippen LogP contribution in [0.4, 0.5) is 5.69 Å². The largest absolute Gasteiger partial charge is 0.497 e. The van der Waals surface area contributed by atoms with Crippen molar-refractivity contribution in [3.8, 4) is 5.75 Å². The number of hydrogen-bond acceptors (Lipinski definition) is 6. The maximum absolute atomic E-state index is 13.3. The lowest BCUT2D eigenvalue weighted by Crippen LogP contribution is -2.36. The van der Waals surface area contributed by atoms with E-state index in [1.165, 1.54) is 4.90 Å². The van der Waals surface area contributed by atoms with Crippen LogP contribution >= 0.6 is 0 Å². The summed E-state index contributed by atoms with van der Waals surface area (Å²) in [5, 5.41) is 0. The van der Waals surface area contributed by atoms with E-state index >= 15 is 0 Å². The molecule has 0 N–H and O–H groups in total. The fraction of sp³-hybridized carbons (Fsp3) is 0.423. The Hall–Kier alpha value is -3.39. The van der Waals surface area contributed by atoms with Gasteiger partial charge in [-0.15, -0.1) is 0 Å². The van der Waals surface area contributed by atoms with Crippen LogP contribution in [-0.2, 0) is 4.74 Å². The molecule has 3 amide bonds. The maximum Gasteiger partial charge on any atom is 0.261 e. The van der Waals surface area contributed by atoms with Crippen LogP contribution in [0.15, 0.2) is 42.5 Å². The molecule has 0 saturated carbocycles. The number of imide groups is 1. The van der Waals surface area contributed by atoms with E-state index in [0.29, 0.717) is 36.4 Å². The molecular formula is C26H29N3O5. The molecule has 8 heteroatoms. The summed E-state index contributed by atoms with van der Waals surface area (Å²) in [6, 6.07) is 12.8. The van der Waals surface area contributed by atoms with Gasteiger partial charge in [0.05, 0.1) is 30.9 Å². The fourth-order valence-corrected chi connectivity index (χ4v) is 4.94. The molecule has 2 aromatic rings. The Morgan fingerprint density at radius 1 is 0.971 bits per heavy atom. The normalized spacial score (nSPS) is 20.5. The molecule has 0 aliphatic carbocycles. The number of ether oxygens (including phenoxy) is 2. The molecule has 2 aromatic carbocycles. The van der Waals surface area contributed by atoms with E-state index in [1.807, 2.05) is 29.2 Å². The lowest BCUT2D eigenvalue weighted by atomic mass is 10.0. The average molecular weight is 464 g/mol. The second-order valence-corrected chi connectivity index (χ2v) is 8.95. The van der Waals surface area contributed by atoms with Gasteiger partial charge in [0.2, 0.25) is 0 Å². The van der Waals surface area contributed by atoms with Crippen LogP contribution in [0.2, 0.25) is 0 Å². The number of amides is 3. The summed E-state index contributed by atoms with van der Waals surface area (Å²) in [6.07, 6.45) is 2.53. The van der Waals surface area contributed by atoms with Gasteiger partial charge in [0.25, 0.3) is 17.7 Å². The average Bonchev–Trinajstić information content (AvgIpc) is 3.37. The monoisotopic (exact) mass is 463 g/mol. The molecule has 34 heavy (non-hydrogen) atoms. The summed E-state index contributed by atoms with van der Waals surface area (Å²) >= 11 is 0. The van der Waals surface area contributed by atoms with Crippen molar-refractivity contribution in [2.24, 2.45) is 0 Å². The summed E-state index contributed by atoms with van der Waals surface area (Å²) in [7, 11) is 1.65. The number of hydrogen-bond donors (Lipinski definition) is 0. The smallest absolute Gasteiger partial charge is 0.261 e. The Morgan fingerprint density at radius 2 is 1.76 bits per heavy atom. The van der Waals surface area contributed by atoms with E-state index in [-0.39, 0.29) is 30.4 Å². The van der Waals surface area contributed by atoms with E-state index in [1.54, 1.807) is 25.3 Å². The summed E-state index contributed by atoms with van der Waals surface area (Å²) in [4.78, 5) is 44.4. The zero-order valence-electron chi connectivity index (χ0n) is 19.4. The number of methoxy groups -OCH3 is 1. The number of anilines is 1. The first-order chi connectivity index (χ1) is 16.5. The van der Waals surface area contributed by atoms with Crippen LogP contribution in [0.1, 0.15) is 50.3 Å². The van der Waals surface area contributed by atoms with E-state index in [2.05, 4.69) is 4.90 Å². The Bertz CT molecular complexity index is 1090. The Kier molecular flexibility index (Phi) is 6.24. The molecule has 2 fully saturated rings. The molecule has 5 rings (SSSR count). The molecule has 0 spiro atoms. The second-order valence-electron chi connectivity index (χ2n) is 8.95. The first-order valence-corrected chi connectivity index (χ1v) is 11.9. The van der Waals surface area contributed by atoms with Gasteiger partial charge < -0.3 is 19.3 Å². The molecule has 0 radical (unpaired) electrons. The zero-order chi connectivity index (χ0) is 23.7. The minimum Gasteiger partial charge on any atom is -0.497 e. The van der Waals surface area contributed by atoms with Crippen molar-refractivity contribution in [1.82, 2.24) is 9.80 Å². The predicted molar refractivity (Wildman–Crippen MR) is 127 cm³/mol. The number of fused-ring (bicyclic) bond motifs is 1. The van der Waals surface area contributed by atoms with E-state index in [9.17, 15) is 14.4 Å². The highest BCUT2D eigenvalue weighted by atomic mass is 16.5. The third-order valence-electron chi connectivity index (χ3n) is 6.85. The van der Waals surface area contributed by atoms with Crippen molar-refractivity contribution in [3.63, 3.8) is 0 Å². The van der Waals surface area contributed by atoms with Crippen molar-refractivity contribution in [2.45, 2.75) is 25.4 Å². The third-order valence-corrected chi connectivity index (χ3v) is 6.85. The minimum absolute atomic E-state index is 0.103. The van der Waals surface area contributed by atoms with Crippen molar-refractivity contribution in [3.05, 3.63) is 59.2 Å². The van der Waals surface area contributed by atoms with Crippen molar-refractivity contribution < 1.29 is 23.9 Å². The van der Waals surface area contributed by atoms with Gasteiger partial charge >= 0.3 is 0 Å². The minimum atomic E-state index is -0.341. The number of benzene rings is 2. The molecule has 1 atom stereocenters. The summed E-state index contributed by atoms with van der Waals surface area (Å²) in [6.45, 7) is 3.72. The summed E-state index contributed by atoms with van der Waals surface area (Å²) in [5.41, 5.74) is 2.21. The second kappa shape index (κ2) is 9.46. The molecule has 3 aliphatic rings. The van der Waals surface area contributed by atoms with Crippen LogP contribution in [-0.4, -0.2) is 80.1 Å². The van der Waals surface area contributed by atoms with Crippen molar-refractivity contribution >= 4 is 23.4 Å². The molecule has 2 saturated heterocycles. The van der Waals surface area contributed by atoms with Crippen molar-refractivity contribution in [2.75, 3.05) is 51.3 Å². The Balaban J connectivity index is 1.27. The lowest BCUT2D eigenvalue weighted by molar-refractivity contribution is 0.0475. The van der Waals surface area contributed by atoms with Gasteiger partial charge in [-0.2, -0.15) is 0 Å². The topological polar surface area (TPSA) is 79.4 Å². The van der Waals surface area contributed by atoms with Gasteiger partial charge in [-0.25, -0.2) is 0 Å². The van der Waals surface area contributed by atoms with E-state index in [4.69, 9.17) is 9.47 Å². The van der Waals surface area contributed by atoms with Gasteiger partial charge in [-0.1, -0.05) is 0 Å². The molecule has 3 heterocycles. The SMILES string of the molecule is COc1ccc(N2CCCN(C(=O)c3ccc4c(c3)C(=O)N(CC3CCCO3)C4=O)CC2)cc1. The van der Waals surface area contributed by atoms with Gasteiger partial charge in [0, 0.05) is 44.0 Å². The quantitative estimate of drug-likeness (QED) is 0.635. The van der Waals surface area contributed by atoms with Gasteiger partial charge in [0.1, 0.15) is 5.75 Å². The van der Waals surface area contributed by atoms with Crippen LogP contribution < -0.4 is 9.64 Å². The molecule has 178 valence electrons. The predicted octanol–water partition coefficient (Wildman–Crippen LogP) is 2.82. The first kappa shape index (κ1) is 22.4. The number of nitrogens with zero attached hydrogens (tertiary/aromatic N) is 3. The lowest BCUT2D eigenvalue weighted by Gasteiger charge is -2.24. The van der Waals surface area contributed by atoms with Crippen LogP contribution in [0, 0.1) is 0 Å². The Morgan fingerprint density at radius 3 is 2.50 bits per heavy atom. The Labute approximate surface area is 199 Å². The van der Waals surface area contributed by atoms with Crippen LogP contribution in [0.25, 0.3) is 0 Å². The summed E-state index contributed by atoms with van der Waals surface area (Å²) in [5.74, 6) is 0.0534. The third kappa shape index (κ3) is 4.25. The number of carbonyl (C=O) groups is 3. The highest BCUT2D eigenvalue weighted by Gasteiger charge is 2.38. The number of carbonyl (C=O) groups excluding carboxylic acids is 3. The molecule has 0 aromatic heterocycles. The molecule has 0 bridgehead atoms. The fourth-order valence-electron chi connectivity index (χ4n) is 4.94. The van der Waals surface area contributed by atoms with E-state index < -0.39 is 0 Å². The van der Waals surface area contributed by atoms with E-state index in [0.717, 1.165) is 43.8 Å². The standard InChI is InChI=1S/C26H29N3O5/c1-33-20-8-6-19(7-9-20)27-11-3-12-28(14-13-27)24(30)18-5-10-22-23(16-18)26(32)29(25(22)31)17-21-4-2-15-34-21/h5-10,16,21H,2-4,11-15,17H2,1H3. The van der Waals surface area contributed by atoms with Crippen molar-refractivity contribution in [1.29, 1.82) is 0 Å². The first-order valence-electron chi connectivity index (χ1n) is 11.9. The molecule has 1 unspecified atom stereocenters. The highest BCUT2D eigenvalue weighted by molar-refractivity contribution is 6.22. The molecule has 3 aliphatic heterocycles. The molecule has 8 nitrogen and oxygen atoms in total. The number of rotatable bonds is 5. The summed E-state index contributed by atoms with van der Waals surface area (Å²) < 4.78 is 10.8. The highest BCUT2D eigenvalue weighted by Crippen LogP contribution is 2.27. The molecular weight excluding hydrogens is 434 g/mol. The van der Waals surface area contributed by atoms with Gasteiger partial charge in [-0.3, -0.25) is 19.3 Å². The zero-order valence-corrected chi connectivity index (χ0v) is 19.4. The van der Waals surface area contributed by atoms with Crippen LogP contribution in [0.5, 0.6) is 5.75 Å².